The number of anilines is 1. The molecule has 3 rings (SSSR count). The zero-order chi connectivity index (χ0) is 23.5. The van der Waals surface area contributed by atoms with E-state index in [0.29, 0.717) is 47.5 Å². The predicted molar refractivity (Wildman–Crippen MR) is 130 cm³/mol. The third-order valence-electron chi connectivity index (χ3n) is 6.77. The smallest absolute Gasteiger partial charge is 0.270 e. The van der Waals surface area contributed by atoms with E-state index in [1.54, 1.807) is 12.0 Å². The first-order valence-electron chi connectivity index (χ1n) is 11.9. The number of hydrogen-bond donors (Lipinski definition) is 0. The molecule has 6 nitrogen and oxygen atoms in total. The van der Waals surface area contributed by atoms with Gasteiger partial charge in [0.1, 0.15) is 5.75 Å². The first-order chi connectivity index (χ1) is 15.2. The van der Waals surface area contributed by atoms with Gasteiger partial charge >= 0.3 is 0 Å². The topological polar surface area (TPSA) is 59.1 Å². The minimum Gasteiger partial charge on any atom is -0.475 e. The van der Waals surface area contributed by atoms with Gasteiger partial charge in [0, 0.05) is 36.8 Å². The molecular formula is C25H37BrN2O4. The molecule has 0 saturated heterocycles. The highest BCUT2D eigenvalue weighted by atomic mass is 79.9. The average molecular weight is 509 g/mol. The van der Waals surface area contributed by atoms with Crippen LogP contribution in [0.4, 0.5) is 5.69 Å². The molecule has 0 spiro atoms. The van der Waals surface area contributed by atoms with Crippen LogP contribution in [0.15, 0.2) is 16.6 Å². The highest BCUT2D eigenvalue weighted by Crippen LogP contribution is 2.43. The molecule has 0 aromatic heterocycles. The molecule has 2 aliphatic rings. The number of benzene rings is 1. The van der Waals surface area contributed by atoms with E-state index in [2.05, 4.69) is 29.8 Å². The van der Waals surface area contributed by atoms with Crippen LogP contribution < -0.4 is 9.64 Å². The molecule has 1 saturated carbocycles. The minimum atomic E-state index is -0.920. The number of ether oxygens (including phenoxy) is 2. The highest BCUT2D eigenvalue weighted by Gasteiger charge is 2.44. The summed E-state index contributed by atoms with van der Waals surface area (Å²) in [5.74, 6) is 0.565. The number of carbonyl (C=O) groups excluding carboxylic acids is 2. The van der Waals surface area contributed by atoms with Gasteiger partial charge in [-0.05, 0) is 74.5 Å². The van der Waals surface area contributed by atoms with Crippen LogP contribution in [0.5, 0.6) is 5.75 Å². The maximum atomic E-state index is 13.8. The average Bonchev–Trinajstić information content (AvgIpc) is 2.76. The van der Waals surface area contributed by atoms with Crippen molar-refractivity contribution in [1.29, 1.82) is 0 Å². The van der Waals surface area contributed by atoms with Crippen molar-refractivity contribution < 1.29 is 19.1 Å². The van der Waals surface area contributed by atoms with Crippen molar-refractivity contribution in [1.82, 2.24) is 4.90 Å². The van der Waals surface area contributed by atoms with E-state index in [4.69, 9.17) is 9.47 Å². The number of nitrogens with zero attached hydrogens (tertiary/aromatic N) is 2. The summed E-state index contributed by atoms with van der Waals surface area (Å²) in [4.78, 5) is 30.9. The number of hydrogen-bond acceptors (Lipinski definition) is 4. The second-order valence-electron chi connectivity index (χ2n) is 9.39. The molecule has 1 atom stereocenters. The van der Waals surface area contributed by atoms with Crippen molar-refractivity contribution in [2.24, 2.45) is 0 Å². The van der Waals surface area contributed by atoms with Gasteiger partial charge in [-0.3, -0.25) is 9.59 Å². The van der Waals surface area contributed by atoms with Crippen LogP contribution in [0.2, 0.25) is 0 Å². The van der Waals surface area contributed by atoms with Crippen LogP contribution >= 0.6 is 15.9 Å². The number of amides is 2. The number of fused-ring (bicyclic) bond motifs is 1. The second-order valence-corrected chi connectivity index (χ2v) is 10.2. The van der Waals surface area contributed by atoms with Crippen LogP contribution in [0.1, 0.15) is 83.0 Å². The van der Waals surface area contributed by atoms with Gasteiger partial charge in [0.05, 0.1) is 11.3 Å². The Morgan fingerprint density at radius 2 is 2.00 bits per heavy atom. The molecule has 7 heteroatoms. The largest absolute Gasteiger partial charge is 0.475 e. The van der Waals surface area contributed by atoms with Gasteiger partial charge in [0.15, 0.2) is 5.60 Å². The summed E-state index contributed by atoms with van der Waals surface area (Å²) in [7, 11) is 1.66. The Labute approximate surface area is 200 Å². The summed E-state index contributed by atoms with van der Waals surface area (Å²) in [5, 5.41) is 0. The van der Waals surface area contributed by atoms with Crippen molar-refractivity contribution >= 4 is 33.4 Å². The van der Waals surface area contributed by atoms with Crippen LogP contribution in [-0.4, -0.2) is 54.7 Å². The van der Waals surface area contributed by atoms with E-state index >= 15 is 0 Å². The van der Waals surface area contributed by atoms with Gasteiger partial charge in [-0.1, -0.05) is 26.2 Å². The summed E-state index contributed by atoms with van der Waals surface area (Å²) in [6.45, 7) is 9.02. The van der Waals surface area contributed by atoms with Crippen LogP contribution in [-0.2, 0) is 9.53 Å². The van der Waals surface area contributed by atoms with Crippen molar-refractivity contribution in [3.05, 3.63) is 22.2 Å². The van der Waals surface area contributed by atoms with Crippen molar-refractivity contribution in [2.75, 3.05) is 25.2 Å². The summed E-state index contributed by atoms with van der Waals surface area (Å²) in [5.41, 5.74) is 0.323. The van der Waals surface area contributed by atoms with E-state index in [-0.39, 0.29) is 23.9 Å². The molecule has 1 heterocycles. The van der Waals surface area contributed by atoms with Crippen LogP contribution in [0.25, 0.3) is 0 Å². The van der Waals surface area contributed by atoms with Crippen molar-refractivity contribution in [3.8, 4) is 5.75 Å². The monoisotopic (exact) mass is 508 g/mol. The van der Waals surface area contributed by atoms with Crippen molar-refractivity contribution in [3.63, 3.8) is 0 Å². The molecule has 1 aliphatic carbocycles. The maximum absolute atomic E-state index is 13.8. The van der Waals surface area contributed by atoms with E-state index in [1.165, 1.54) is 6.42 Å². The standard InChI is InChI=1S/C25H37BrN2O4/c1-6-25(4)24(30)27(13-10-14-31-5)21-15-19(20(26)16-22(21)32-25)23(29)28(17(2)3)18-11-8-7-9-12-18/h15-18H,6-14H2,1-5H3. The molecule has 32 heavy (non-hydrogen) atoms. The van der Waals surface area contributed by atoms with Crippen LogP contribution in [0, 0.1) is 0 Å². The molecule has 1 unspecified atom stereocenters. The van der Waals surface area contributed by atoms with Gasteiger partial charge in [-0.15, -0.1) is 0 Å². The van der Waals surface area contributed by atoms with Gasteiger partial charge in [-0.2, -0.15) is 0 Å². The van der Waals surface area contributed by atoms with E-state index < -0.39 is 5.60 Å². The Hall–Kier alpha value is -1.60. The molecule has 2 amide bonds. The molecule has 1 fully saturated rings. The molecule has 178 valence electrons. The Bertz CT molecular complexity index is 837. The van der Waals surface area contributed by atoms with Crippen LogP contribution in [0.3, 0.4) is 0 Å². The fourth-order valence-corrected chi connectivity index (χ4v) is 5.31. The maximum Gasteiger partial charge on any atom is 0.270 e. The Morgan fingerprint density at radius 1 is 1.31 bits per heavy atom. The summed E-state index contributed by atoms with van der Waals surface area (Å²) in [6.07, 6.45) is 6.94. The lowest BCUT2D eigenvalue weighted by Gasteiger charge is -2.41. The van der Waals surface area contributed by atoms with Gasteiger partial charge < -0.3 is 19.3 Å². The Balaban J connectivity index is 2.00. The molecular weight excluding hydrogens is 472 g/mol. The third kappa shape index (κ3) is 4.98. The molecule has 0 N–H and O–H groups in total. The molecule has 1 aromatic carbocycles. The first-order valence-corrected chi connectivity index (χ1v) is 12.7. The van der Waals surface area contributed by atoms with Gasteiger partial charge in [-0.25, -0.2) is 0 Å². The number of carbonyl (C=O) groups is 2. The molecule has 1 aromatic rings. The number of halogens is 1. The number of methoxy groups -OCH3 is 1. The Morgan fingerprint density at radius 3 is 2.59 bits per heavy atom. The van der Waals surface area contributed by atoms with Gasteiger partial charge in [0.25, 0.3) is 11.8 Å². The molecule has 0 bridgehead atoms. The minimum absolute atomic E-state index is 0.00897. The third-order valence-corrected chi connectivity index (χ3v) is 7.42. The summed E-state index contributed by atoms with van der Waals surface area (Å²) < 4.78 is 12.1. The summed E-state index contributed by atoms with van der Waals surface area (Å²) >= 11 is 3.62. The first kappa shape index (κ1) is 25.0. The number of rotatable bonds is 8. The normalized spacial score (nSPS) is 21.5. The lowest BCUT2D eigenvalue weighted by Crippen LogP contribution is -2.54. The summed E-state index contributed by atoms with van der Waals surface area (Å²) in [6, 6.07) is 4.05. The SMILES string of the molecule is CCC1(C)Oc2cc(Br)c(C(=O)N(C(C)C)C3CCCCC3)cc2N(CCCOC)C1=O. The quantitative estimate of drug-likeness (QED) is 0.431. The Kier molecular flexibility index (Phi) is 8.26. The lowest BCUT2D eigenvalue weighted by molar-refractivity contribution is -0.134. The zero-order valence-corrected chi connectivity index (χ0v) is 21.7. The predicted octanol–water partition coefficient (Wildman–Crippen LogP) is 5.56. The zero-order valence-electron chi connectivity index (χ0n) is 20.1. The van der Waals surface area contributed by atoms with E-state index in [1.807, 2.05) is 30.9 Å². The second kappa shape index (κ2) is 10.6. The lowest BCUT2D eigenvalue weighted by atomic mass is 9.92. The van der Waals surface area contributed by atoms with Crippen molar-refractivity contribution in [2.45, 2.75) is 90.3 Å². The van der Waals surface area contributed by atoms with Gasteiger partial charge in [0.2, 0.25) is 0 Å². The fraction of sp³-hybridized carbons (Fsp3) is 0.680. The fourth-order valence-electron chi connectivity index (χ4n) is 4.81. The molecule has 0 radical (unpaired) electrons. The molecule has 1 aliphatic heterocycles. The highest BCUT2D eigenvalue weighted by molar-refractivity contribution is 9.10. The van der Waals surface area contributed by atoms with E-state index in [9.17, 15) is 9.59 Å². The van der Waals surface area contributed by atoms with E-state index in [0.717, 1.165) is 25.7 Å².